The molecular formula is C85H60N2O2. The summed E-state index contributed by atoms with van der Waals surface area (Å²) in [6.45, 7) is 8.82. The van der Waals surface area contributed by atoms with Crippen molar-refractivity contribution in [3.8, 4) is 33.4 Å². The maximum atomic E-state index is 7.38. The number of fused-ring (bicyclic) bond motifs is 13. The molecule has 0 saturated carbocycles. The molecule has 1 aliphatic rings. The zero-order valence-corrected chi connectivity index (χ0v) is 49.9. The van der Waals surface area contributed by atoms with E-state index in [1.54, 1.807) is 0 Å². The second-order valence-electron chi connectivity index (χ2n) is 24.2. The molecule has 4 nitrogen and oxygen atoms in total. The van der Waals surface area contributed by atoms with Gasteiger partial charge in [-0.15, -0.1) is 0 Å². The Labute approximate surface area is 517 Å². The summed E-state index contributed by atoms with van der Waals surface area (Å²) in [4.78, 5) is 4.98. The van der Waals surface area contributed by atoms with E-state index in [-0.39, 0.29) is 0 Å². The molecule has 17 rings (SSSR count). The predicted molar refractivity (Wildman–Crippen MR) is 373 cm³/mol. The highest BCUT2D eigenvalue weighted by Crippen LogP contribution is 2.63. The van der Waals surface area contributed by atoms with Crippen LogP contribution in [0.2, 0.25) is 0 Å². The fraction of sp³-hybridized carbons (Fsp3) is 0.0588. The van der Waals surface area contributed by atoms with Crippen LogP contribution < -0.4 is 9.80 Å². The first-order valence-electron chi connectivity index (χ1n) is 30.8. The van der Waals surface area contributed by atoms with Gasteiger partial charge in [-0.2, -0.15) is 0 Å². The molecule has 0 aliphatic heterocycles. The van der Waals surface area contributed by atoms with Crippen molar-refractivity contribution in [3.05, 3.63) is 336 Å². The van der Waals surface area contributed by atoms with Gasteiger partial charge in [-0.3, -0.25) is 0 Å². The molecule has 16 aromatic rings. The van der Waals surface area contributed by atoms with Crippen LogP contribution in [0.3, 0.4) is 0 Å². The van der Waals surface area contributed by atoms with E-state index in [4.69, 9.17) is 8.83 Å². The average molecular weight is 1140 g/mol. The van der Waals surface area contributed by atoms with Crippen LogP contribution in [0.15, 0.2) is 300 Å². The number of aryl methyl sites for hydroxylation is 4. The Balaban J connectivity index is 0.998. The van der Waals surface area contributed by atoms with Crippen molar-refractivity contribution in [1.82, 2.24) is 0 Å². The van der Waals surface area contributed by atoms with Gasteiger partial charge in [0, 0.05) is 54.8 Å². The van der Waals surface area contributed by atoms with Gasteiger partial charge in [0.1, 0.15) is 11.2 Å². The van der Waals surface area contributed by atoms with Crippen LogP contribution in [0.1, 0.15) is 44.5 Å². The highest BCUT2D eigenvalue weighted by molar-refractivity contribution is 6.21. The smallest absolute Gasteiger partial charge is 0.159 e. The number of rotatable bonds is 10. The first-order valence-corrected chi connectivity index (χ1v) is 30.8. The van der Waals surface area contributed by atoms with Crippen molar-refractivity contribution in [2.45, 2.75) is 33.1 Å². The monoisotopic (exact) mass is 1140 g/mol. The number of hydrogen-bond donors (Lipinski definition) is 0. The molecular weight excluding hydrogens is 1080 g/mol. The largest absolute Gasteiger partial charge is 0.453 e. The molecule has 0 bridgehead atoms. The van der Waals surface area contributed by atoms with Gasteiger partial charge in [-0.05, 0) is 154 Å². The van der Waals surface area contributed by atoms with Crippen molar-refractivity contribution in [3.63, 3.8) is 0 Å². The third-order valence-electron chi connectivity index (χ3n) is 18.6. The number of nitrogens with zero attached hydrogens (tertiary/aromatic N) is 2. The van der Waals surface area contributed by atoms with E-state index < -0.39 is 5.41 Å². The molecule has 2 aromatic heterocycles. The number of benzene rings is 14. The van der Waals surface area contributed by atoms with Crippen LogP contribution in [-0.2, 0) is 5.41 Å². The van der Waals surface area contributed by atoms with Crippen LogP contribution in [-0.4, -0.2) is 0 Å². The summed E-state index contributed by atoms with van der Waals surface area (Å²) in [5, 5.41) is 8.87. The highest BCUT2D eigenvalue weighted by Gasteiger charge is 2.49. The van der Waals surface area contributed by atoms with Crippen LogP contribution >= 0.6 is 0 Å². The first-order chi connectivity index (χ1) is 43.8. The average Bonchev–Trinajstić information content (AvgIpc) is 1.53. The normalized spacial score (nSPS) is 12.6. The predicted octanol–water partition coefficient (Wildman–Crippen LogP) is 23.7. The summed E-state index contributed by atoms with van der Waals surface area (Å²) in [6, 6.07) is 107. The summed E-state index contributed by atoms with van der Waals surface area (Å²) >= 11 is 0. The van der Waals surface area contributed by atoms with Crippen molar-refractivity contribution >= 4 is 99.5 Å². The molecule has 0 N–H and O–H groups in total. The molecule has 422 valence electrons. The Morgan fingerprint density at radius 2 is 0.573 bits per heavy atom. The van der Waals surface area contributed by atoms with Gasteiger partial charge < -0.3 is 18.6 Å². The number of para-hydroxylation sites is 4. The van der Waals surface area contributed by atoms with Gasteiger partial charge in [-0.1, -0.05) is 243 Å². The first kappa shape index (κ1) is 52.2. The molecule has 0 unspecified atom stereocenters. The molecule has 1 aliphatic carbocycles. The molecule has 4 heteroatoms. The zero-order chi connectivity index (χ0) is 59.5. The molecule has 0 saturated heterocycles. The quantitative estimate of drug-likeness (QED) is 0.137. The van der Waals surface area contributed by atoms with Gasteiger partial charge in [0.25, 0.3) is 0 Å². The minimum atomic E-state index is -0.862. The third-order valence-corrected chi connectivity index (χ3v) is 18.6. The molecule has 2 heterocycles. The molecule has 0 atom stereocenters. The Bertz CT molecular complexity index is 5100. The lowest BCUT2D eigenvalue weighted by atomic mass is 9.67. The highest BCUT2D eigenvalue weighted by atomic mass is 16.3. The molecule has 0 radical (unpaired) electrons. The summed E-state index contributed by atoms with van der Waals surface area (Å²) in [7, 11) is 0. The number of furan rings is 2. The lowest BCUT2D eigenvalue weighted by Crippen LogP contribution is -2.29. The van der Waals surface area contributed by atoms with E-state index >= 15 is 0 Å². The van der Waals surface area contributed by atoms with E-state index in [9.17, 15) is 0 Å². The van der Waals surface area contributed by atoms with Crippen molar-refractivity contribution in [1.29, 1.82) is 0 Å². The summed E-state index contributed by atoms with van der Waals surface area (Å²) in [5.74, 6) is 0. The van der Waals surface area contributed by atoms with Gasteiger partial charge in [-0.25, -0.2) is 0 Å². The van der Waals surface area contributed by atoms with Crippen LogP contribution in [0.25, 0.3) is 98.8 Å². The fourth-order valence-electron chi connectivity index (χ4n) is 15.2. The molecule has 0 spiro atoms. The lowest BCUT2D eigenvalue weighted by molar-refractivity contribution is 0.670. The summed E-state index contributed by atoms with van der Waals surface area (Å²) in [6.07, 6.45) is 0. The zero-order valence-electron chi connectivity index (χ0n) is 49.9. The summed E-state index contributed by atoms with van der Waals surface area (Å²) in [5.41, 5.74) is 24.9. The fourth-order valence-corrected chi connectivity index (χ4v) is 15.2. The van der Waals surface area contributed by atoms with E-state index in [0.717, 1.165) is 122 Å². The summed E-state index contributed by atoms with van der Waals surface area (Å²) < 4.78 is 14.8. The Morgan fingerprint density at radius 3 is 0.955 bits per heavy atom. The van der Waals surface area contributed by atoms with Crippen molar-refractivity contribution in [2.75, 3.05) is 9.80 Å². The van der Waals surface area contributed by atoms with Gasteiger partial charge in [0.05, 0.1) is 28.2 Å². The lowest BCUT2D eigenvalue weighted by Gasteiger charge is -2.36. The van der Waals surface area contributed by atoms with Gasteiger partial charge in [0.2, 0.25) is 0 Å². The van der Waals surface area contributed by atoms with Crippen molar-refractivity contribution in [2.24, 2.45) is 0 Å². The van der Waals surface area contributed by atoms with E-state index in [1.807, 2.05) is 0 Å². The Morgan fingerprint density at radius 1 is 0.258 bits per heavy atom. The van der Waals surface area contributed by atoms with Crippen LogP contribution in [0.5, 0.6) is 0 Å². The Hall–Kier alpha value is -11.2. The van der Waals surface area contributed by atoms with E-state index in [1.165, 1.54) is 55.6 Å². The molecule has 0 fully saturated rings. The molecule has 0 amide bonds. The van der Waals surface area contributed by atoms with Crippen molar-refractivity contribution < 1.29 is 8.83 Å². The maximum Gasteiger partial charge on any atom is 0.159 e. The minimum absolute atomic E-state index is 0.827. The topological polar surface area (TPSA) is 32.8 Å². The standard InChI is InChI=1S/C85H60N2O2/c1-53-45-54(2)48-61(47-53)86(75-43-23-41-71-69-39-21-37-63(81(69)88-83(71)75)57-25-9-5-10-26-57)77-51-73-79(67-35-19-17-33-65(67)77)80-68-36-20-18-34-66(68)78(52-74(80)85(73,59-29-13-7-14-30-59)60-31-15-8-16-32-60)87(62-49-55(3)46-56(4)50-62)76-44-24-42-72-70-40-22-38-64(82(70)89-84(72)76)58-27-11-6-12-28-58/h5-52H,1-4H3. The second kappa shape index (κ2) is 20.5. The van der Waals surface area contributed by atoms with Crippen LogP contribution in [0, 0.1) is 27.7 Å². The number of hydrogen-bond acceptors (Lipinski definition) is 4. The molecule has 89 heavy (non-hydrogen) atoms. The third kappa shape index (κ3) is 8.07. The SMILES string of the molecule is Cc1cc(C)cc(N(c2cc3c(c4ccccc24)-c2c(cc(N(c4cc(C)cc(C)c4)c4cccc5c4oc4c(-c6ccccc6)cccc45)c4ccccc24)C3(c2ccccc2)c2ccccc2)c2cccc3c2oc2c(-c4ccccc4)cccc23)c1. The molecule has 14 aromatic carbocycles. The second-order valence-corrected chi connectivity index (χ2v) is 24.2. The van der Waals surface area contributed by atoms with Crippen LogP contribution in [0.4, 0.5) is 34.1 Å². The maximum absolute atomic E-state index is 7.38. The van der Waals surface area contributed by atoms with Gasteiger partial charge in [0.15, 0.2) is 11.2 Å². The minimum Gasteiger partial charge on any atom is -0.453 e. The van der Waals surface area contributed by atoms with E-state index in [0.29, 0.717) is 0 Å². The van der Waals surface area contributed by atoms with Gasteiger partial charge >= 0.3 is 0 Å². The van der Waals surface area contributed by atoms with E-state index in [2.05, 4.69) is 329 Å². The number of anilines is 6. The Kier molecular flexibility index (Phi) is 12.0.